The Bertz CT molecular complexity index is 259. The number of rotatable bonds is 6. The van der Waals surface area contributed by atoms with Crippen LogP contribution in [0.3, 0.4) is 0 Å². The molecule has 3 N–H and O–H groups in total. The second-order valence-corrected chi connectivity index (χ2v) is 4.76. The molecule has 0 aliphatic carbocycles. The van der Waals surface area contributed by atoms with E-state index >= 15 is 0 Å². The van der Waals surface area contributed by atoms with Gasteiger partial charge in [0.2, 0.25) is 0 Å². The summed E-state index contributed by atoms with van der Waals surface area (Å²) < 4.78 is 4.96. The Balaban J connectivity index is 4.16. The van der Waals surface area contributed by atoms with Gasteiger partial charge in [0.15, 0.2) is 0 Å². The summed E-state index contributed by atoms with van der Waals surface area (Å²) in [5, 5.41) is 19.8. The zero-order chi connectivity index (χ0) is 13.5. The molecule has 1 amide bonds. The topological polar surface area (TPSA) is 95.9 Å². The lowest BCUT2D eigenvalue weighted by atomic mass is 10.1. The first kappa shape index (κ1) is 15.7. The average Bonchev–Trinajstić information content (AvgIpc) is 2.13. The number of ether oxygens (including phenoxy) is 1. The smallest absolute Gasteiger partial charge is 0.408 e. The van der Waals surface area contributed by atoms with Gasteiger partial charge in [-0.25, -0.2) is 9.59 Å². The maximum Gasteiger partial charge on any atom is 0.408 e. The van der Waals surface area contributed by atoms with Gasteiger partial charge in [0.1, 0.15) is 11.6 Å². The number of aliphatic hydroxyl groups is 1. The Kier molecular flexibility index (Phi) is 6.57. The van der Waals surface area contributed by atoms with Crippen LogP contribution in [0.1, 0.15) is 40.0 Å². The summed E-state index contributed by atoms with van der Waals surface area (Å²) in [4.78, 5) is 22.2. The fourth-order valence-corrected chi connectivity index (χ4v) is 1.17. The predicted octanol–water partition coefficient (Wildman–Crippen LogP) is 1.13. The van der Waals surface area contributed by atoms with Crippen LogP contribution in [0.4, 0.5) is 4.79 Å². The van der Waals surface area contributed by atoms with Crippen LogP contribution in [-0.2, 0) is 9.53 Å². The number of nitrogens with one attached hydrogen (secondary N) is 1. The summed E-state index contributed by atoms with van der Waals surface area (Å²) in [5.74, 6) is -1.10. The third-order valence-electron chi connectivity index (χ3n) is 1.89. The molecule has 0 bridgehead atoms. The van der Waals surface area contributed by atoms with E-state index in [4.69, 9.17) is 14.9 Å². The van der Waals surface area contributed by atoms with Crippen LogP contribution in [-0.4, -0.2) is 40.5 Å². The van der Waals surface area contributed by atoms with Crippen molar-refractivity contribution in [2.45, 2.75) is 51.7 Å². The molecular weight excluding hydrogens is 226 g/mol. The van der Waals surface area contributed by atoms with Crippen molar-refractivity contribution in [3.8, 4) is 0 Å². The summed E-state index contributed by atoms with van der Waals surface area (Å²) in [6, 6.07) is -0.976. The Morgan fingerprint density at radius 1 is 1.29 bits per heavy atom. The second kappa shape index (κ2) is 7.11. The molecular formula is C11H21NO5. The largest absolute Gasteiger partial charge is 0.480 e. The number of hydrogen-bond donors (Lipinski definition) is 3. The number of carbonyl (C=O) groups excluding carboxylic acids is 1. The molecule has 0 aliphatic rings. The standard InChI is InChI=1S/C11H21NO5/c1-11(2,3)17-10(16)12-8(9(14)15)6-4-5-7-13/h8,13H,4-7H2,1-3H3,(H,12,16)(H,14,15)/t8-/m1/s1. The Morgan fingerprint density at radius 3 is 2.29 bits per heavy atom. The van der Waals surface area contributed by atoms with E-state index in [1.165, 1.54) is 0 Å². The lowest BCUT2D eigenvalue weighted by molar-refractivity contribution is -0.139. The molecule has 17 heavy (non-hydrogen) atoms. The van der Waals surface area contributed by atoms with Crippen molar-refractivity contribution in [1.82, 2.24) is 5.32 Å². The highest BCUT2D eigenvalue weighted by Gasteiger charge is 2.23. The van der Waals surface area contributed by atoms with Crippen LogP contribution in [0, 0.1) is 0 Å². The minimum atomic E-state index is -1.10. The number of aliphatic hydroxyl groups excluding tert-OH is 1. The molecule has 0 saturated carbocycles. The van der Waals surface area contributed by atoms with E-state index in [2.05, 4.69) is 5.32 Å². The first-order valence-corrected chi connectivity index (χ1v) is 5.59. The second-order valence-electron chi connectivity index (χ2n) is 4.76. The summed E-state index contributed by atoms with van der Waals surface area (Å²) in [6.07, 6.45) is 0.576. The molecule has 0 aromatic heterocycles. The molecule has 100 valence electrons. The molecule has 0 fully saturated rings. The zero-order valence-corrected chi connectivity index (χ0v) is 10.5. The van der Waals surface area contributed by atoms with Crippen LogP contribution < -0.4 is 5.32 Å². The Hall–Kier alpha value is -1.30. The first-order valence-electron chi connectivity index (χ1n) is 5.59. The highest BCUT2D eigenvalue weighted by atomic mass is 16.6. The van der Waals surface area contributed by atoms with Gasteiger partial charge >= 0.3 is 12.1 Å². The Labute approximate surface area is 101 Å². The van der Waals surface area contributed by atoms with Gasteiger partial charge in [0.25, 0.3) is 0 Å². The zero-order valence-electron chi connectivity index (χ0n) is 10.5. The molecule has 0 unspecified atom stereocenters. The minimum Gasteiger partial charge on any atom is -0.480 e. The summed E-state index contributed by atoms with van der Waals surface area (Å²) in [7, 11) is 0. The van der Waals surface area contributed by atoms with Crippen molar-refractivity contribution >= 4 is 12.1 Å². The fourth-order valence-electron chi connectivity index (χ4n) is 1.17. The summed E-state index contributed by atoms with van der Waals surface area (Å²) in [5.41, 5.74) is -0.655. The van der Waals surface area contributed by atoms with Crippen molar-refractivity contribution in [3.63, 3.8) is 0 Å². The highest BCUT2D eigenvalue weighted by Crippen LogP contribution is 2.08. The van der Waals surface area contributed by atoms with Gasteiger partial charge in [-0.15, -0.1) is 0 Å². The normalized spacial score (nSPS) is 12.9. The first-order chi connectivity index (χ1) is 7.76. The molecule has 6 heteroatoms. The molecule has 0 spiro atoms. The number of aliphatic carboxylic acids is 1. The lowest BCUT2D eigenvalue weighted by Gasteiger charge is -2.21. The summed E-state index contributed by atoms with van der Waals surface area (Å²) >= 11 is 0. The molecule has 0 saturated heterocycles. The maximum atomic E-state index is 11.4. The van der Waals surface area contributed by atoms with Crippen LogP contribution in [0.25, 0.3) is 0 Å². The van der Waals surface area contributed by atoms with Gasteiger partial charge in [0.05, 0.1) is 0 Å². The number of carboxylic acids is 1. The number of carboxylic acid groups (broad SMARTS) is 1. The van der Waals surface area contributed by atoms with E-state index < -0.39 is 23.7 Å². The van der Waals surface area contributed by atoms with Crippen molar-refractivity contribution in [3.05, 3.63) is 0 Å². The third kappa shape index (κ3) is 8.50. The number of amides is 1. The summed E-state index contributed by atoms with van der Waals surface area (Å²) in [6.45, 7) is 5.12. The highest BCUT2D eigenvalue weighted by molar-refractivity contribution is 5.79. The van der Waals surface area contributed by atoms with Crippen LogP contribution in [0.2, 0.25) is 0 Å². The van der Waals surface area contributed by atoms with Crippen molar-refractivity contribution in [2.24, 2.45) is 0 Å². The monoisotopic (exact) mass is 247 g/mol. The van der Waals surface area contributed by atoms with Crippen LogP contribution in [0.15, 0.2) is 0 Å². The van der Waals surface area contributed by atoms with E-state index in [0.717, 1.165) is 0 Å². The molecule has 6 nitrogen and oxygen atoms in total. The van der Waals surface area contributed by atoms with Crippen molar-refractivity contribution < 1.29 is 24.5 Å². The number of alkyl carbamates (subject to hydrolysis) is 1. The van der Waals surface area contributed by atoms with E-state index in [1.54, 1.807) is 20.8 Å². The van der Waals surface area contributed by atoms with Crippen LogP contribution in [0.5, 0.6) is 0 Å². The molecule has 0 radical (unpaired) electrons. The minimum absolute atomic E-state index is 0.0127. The number of hydrogen-bond acceptors (Lipinski definition) is 4. The molecule has 0 aliphatic heterocycles. The quantitative estimate of drug-likeness (QED) is 0.611. The van der Waals surface area contributed by atoms with E-state index in [1.807, 2.05) is 0 Å². The molecule has 0 rings (SSSR count). The van der Waals surface area contributed by atoms with Gasteiger partial charge in [-0.05, 0) is 40.0 Å². The van der Waals surface area contributed by atoms with Gasteiger partial charge in [-0.3, -0.25) is 0 Å². The van der Waals surface area contributed by atoms with Gasteiger partial charge in [-0.1, -0.05) is 0 Å². The lowest BCUT2D eigenvalue weighted by Crippen LogP contribution is -2.43. The van der Waals surface area contributed by atoms with E-state index in [0.29, 0.717) is 12.8 Å². The SMILES string of the molecule is CC(C)(C)OC(=O)N[C@H](CCCCO)C(=O)O. The average molecular weight is 247 g/mol. The number of carbonyl (C=O) groups is 2. The molecule has 0 aromatic rings. The van der Waals surface area contributed by atoms with Gasteiger partial charge in [-0.2, -0.15) is 0 Å². The van der Waals surface area contributed by atoms with Crippen LogP contribution >= 0.6 is 0 Å². The van der Waals surface area contributed by atoms with E-state index in [-0.39, 0.29) is 13.0 Å². The van der Waals surface area contributed by atoms with Gasteiger partial charge < -0.3 is 20.3 Å². The van der Waals surface area contributed by atoms with Gasteiger partial charge in [0, 0.05) is 6.61 Å². The molecule has 0 heterocycles. The van der Waals surface area contributed by atoms with Crippen molar-refractivity contribution in [2.75, 3.05) is 6.61 Å². The van der Waals surface area contributed by atoms with E-state index in [9.17, 15) is 9.59 Å². The predicted molar refractivity (Wildman–Crippen MR) is 61.7 cm³/mol. The maximum absolute atomic E-state index is 11.4. The van der Waals surface area contributed by atoms with Crippen molar-refractivity contribution in [1.29, 1.82) is 0 Å². The third-order valence-corrected chi connectivity index (χ3v) is 1.89. The fraction of sp³-hybridized carbons (Fsp3) is 0.818. The molecule has 1 atom stereocenters. The number of unbranched alkanes of at least 4 members (excludes halogenated alkanes) is 1. The Morgan fingerprint density at radius 2 is 1.88 bits per heavy atom. The molecule has 0 aromatic carbocycles.